The summed E-state index contributed by atoms with van der Waals surface area (Å²) in [5, 5.41) is 18.3. The Morgan fingerprint density at radius 1 is 1.04 bits per heavy atom. The highest BCUT2D eigenvalue weighted by atomic mass is 16.4. The van der Waals surface area contributed by atoms with Crippen LogP contribution in [0.4, 0.5) is 0 Å². The number of carbonyl (C=O) groups is 2. The van der Waals surface area contributed by atoms with Gasteiger partial charge in [-0.25, -0.2) is 14.6 Å². The number of carboxylic acids is 2. The van der Waals surface area contributed by atoms with Crippen molar-refractivity contribution >= 4 is 23.0 Å². The molecule has 1 aliphatic carbocycles. The monoisotopic (exact) mass is 354 g/mol. The molecule has 0 atom stereocenters. The molecule has 2 N–H and O–H groups in total. The fourth-order valence-electron chi connectivity index (χ4n) is 3.69. The lowest BCUT2D eigenvalue weighted by atomic mass is 9.95. The highest BCUT2D eigenvalue weighted by Gasteiger charge is 2.25. The minimum atomic E-state index is -1.13. The van der Waals surface area contributed by atoms with Gasteiger partial charge in [0.05, 0.1) is 16.6 Å². The van der Waals surface area contributed by atoms with E-state index in [9.17, 15) is 14.7 Å². The van der Waals surface area contributed by atoms with E-state index in [-0.39, 0.29) is 17.4 Å². The molecule has 7 nitrogen and oxygen atoms in total. The van der Waals surface area contributed by atoms with Gasteiger partial charge in [-0.1, -0.05) is 19.3 Å². The molecular formula is C19H18N2O5. The van der Waals surface area contributed by atoms with Crippen molar-refractivity contribution in [3.05, 3.63) is 41.7 Å². The van der Waals surface area contributed by atoms with Gasteiger partial charge in [-0.15, -0.1) is 0 Å². The first kappa shape index (κ1) is 16.4. The zero-order valence-electron chi connectivity index (χ0n) is 14.0. The molecule has 2 heterocycles. The molecule has 1 aliphatic rings. The van der Waals surface area contributed by atoms with E-state index in [4.69, 9.17) is 9.52 Å². The molecule has 0 saturated heterocycles. The fraction of sp³-hybridized carbons (Fsp3) is 0.316. The molecule has 7 heteroatoms. The van der Waals surface area contributed by atoms with Gasteiger partial charge in [0.2, 0.25) is 5.76 Å². The summed E-state index contributed by atoms with van der Waals surface area (Å²) in [6, 6.07) is 8.12. The van der Waals surface area contributed by atoms with Crippen LogP contribution >= 0.6 is 0 Å². The van der Waals surface area contributed by atoms with Gasteiger partial charge in [-0.2, -0.15) is 0 Å². The predicted octanol–water partition coefficient (Wildman–Crippen LogP) is 4.20. The second-order valence-electron chi connectivity index (χ2n) is 6.57. The maximum Gasteiger partial charge on any atom is 0.371 e. The Morgan fingerprint density at radius 3 is 2.46 bits per heavy atom. The Morgan fingerprint density at radius 2 is 1.81 bits per heavy atom. The van der Waals surface area contributed by atoms with Crippen molar-refractivity contribution in [2.45, 2.75) is 38.1 Å². The van der Waals surface area contributed by atoms with E-state index in [0.717, 1.165) is 31.2 Å². The Bertz CT molecular complexity index is 995. The minimum absolute atomic E-state index is 0.145. The summed E-state index contributed by atoms with van der Waals surface area (Å²) >= 11 is 0. The third-order valence-electron chi connectivity index (χ3n) is 4.91. The maximum atomic E-state index is 11.3. The Labute approximate surface area is 148 Å². The van der Waals surface area contributed by atoms with Crippen molar-refractivity contribution in [2.75, 3.05) is 0 Å². The summed E-state index contributed by atoms with van der Waals surface area (Å²) in [6.45, 7) is 0. The highest BCUT2D eigenvalue weighted by Crippen LogP contribution is 2.36. The molecule has 2 aromatic heterocycles. The van der Waals surface area contributed by atoms with E-state index < -0.39 is 11.9 Å². The molecule has 1 saturated carbocycles. The second-order valence-corrected chi connectivity index (χ2v) is 6.57. The smallest absolute Gasteiger partial charge is 0.371 e. The molecular weight excluding hydrogens is 336 g/mol. The number of furan rings is 1. The second kappa shape index (κ2) is 6.33. The van der Waals surface area contributed by atoms with E-state index >= 15 is 0 Å². The summed E-state index contributed by atoms with van der Waals surface area (Å²) in [7, 11) is 0. The zero-order valence-corrected chi connectivity index (χ0v) is 14.0. The third-order valence-corrected chi connectivity index (χ3v) is 4.91. The maximum absolute atomic E-state index is 11.3. The zero-order chi connectivity index (χ0) is 18.3. The van der Waals surface area contributed by atoms with Gasteiger partial charge in [-0.3, -0.25) is 0 Å². The van der Waals surface area contributed by atoms with Gasteiger partial charge in [0, 0.05) is 6.04 Å². The topological polar surface area (TPSA) is 106 Å². The van der Waals surface area contributed by atoms with Crippen LogP contribution in [0.15, 0.2) is 34.7 Å². The number of rotatable bonds is 4. The molecule has 134 valence electrons. The Kier molecular flexibility index (Phi) is 3.99. The number of imidazole rings is 1. The van der Waals surface area contributed by atoms with Crippen molar-refractivity contribution < 1.29 is 24.2 Å². The van der Waals surface area contributed by atoms with Crippen LogP contribution in [-0.2, 0) is 0 Å². The van der Waals surface area contributed by atoms with Crippen molar-refractivity contribution in [3.8, 4) is 11.6 Å². The van der Waals surface area contributed by atoms with E-state index in [0.29, 0.717) is 17.1 Å². The van der Waals surface area contributed by atoms with Crippen LogP contribution < -0.4 is 0 Å². The lowest BCUT2D eigenvalue weighted by Crippen LogP contribution is -2.13. The molecule has 0 radical (unpaired) electrons. The Balaban J connectivity index is 1.90. The van der Waals surface area contributed by atoms with Crippen LogP contribution in [0.2, 0.25) is 0 Å². The minimum Gasteiger partial charge on any atom is -0.478 e. The van der Waals surface area contributed by atoms with Gasteiger partial charge in [-0.05, 0) is 43.2 Å². The van der Waals surface area contributed by atoms with Crippen molar-refractivity contribution in [1.29, 1.82) is 0 Å². The first-order chi connectivity index (χ1) is 12.5. The number of aromatic carboxylic acids is 2. The van der Waals surface area contributed by atoms with E-state index in [1.165, 1.54) is 12.5 Å². The lowest BCUT2D eigenvalue weighted by Gasteiger charge is -2.25. The summed E-state index contributed by atoms with van der Waals surface area (Å²) < 4.78 is 7.54. The summed E-state index contributed by atoms with van der Waals surface area (Å²) in [4.78, 5) is 27.0. The lowest BCUT2D eigenvalue weighted by molar-refractivity contribution is 0.0660. The first-order valence-corrected chi connectivity index (χ1v) is 8.63. The highest BCUT2D eigenvalue weighted by molar-refractivity contribution is 5.93. The predicted molar refractivity (Wildman–Crippen MR) is 93.5 cm³/mol. The van der Waals surface area contributed by atoms with Crippen LogP contribution in [0, 0.1) is 0 Å². The Hall–Kier alpha value is -3.09. The van der Waals surface area contributed by atoms with Gasteiger partial charge in [0.15, 0.2) is 11.6 Å². The number of hydrogen-bond acceptors (Lipinski definition) is 4. The molecule has 26 heavy (non-hydrogen) atoms. The van der Waals surface area contributed by atoms with Crippen molar-refractivity contribution in [3.63, 3.8) is 0 Å². The number of nitrogens with zero attached hydrogens (tertiary/aromatic N) is 2. The molecule has 0 spiro atoms. The van der Waals surface area contributed by atoms with Crippen LogP contribution in [0.25, 0.3) is 22.6 Å². The summed E-state index contributed by atoms with van der Waals surface area (Å²) in [6.07, 6.45) is 5.45. The van der Waals surface area contributed by atoms with Gasteiger partial charge < -0.3 is 19.2 Å². The van der Waals surface area contributed by atoms with Crippen molar-refractivity contribution in [1.82, 2.24) is 9.55 Å². The molecule has 0 aliphatic heterocycles. The number of benzene rings is 1. The van der Waals surface area contributed by atoms with Crippen LogP contribution in [0.3, 0.4) is 0 Å². The van der Waals surface area contributed by atoms with Gasteiger partial charge >= 0.3 is 11.9 Å². The average molecular weight is 354 g/mol. The molecule has 3 aromatic rings. The average Bonchev–Trinajstić information content (AvgIpc) is 3.26. The third kappa shape index (κ3) is 2.75. The molecule has 1 fully saturated rings. The van der Waals surface area contributed by atoms with Crippen molar-refractivity contribution in [2.24, 2.45) is 0 Å². The SMILES string of the molecule is O=C(O)c1ccc2c(c1)nc(-c1ccc(C(=O)O)o1)n2C1CCCCC1. The normalized spacial score (nSPS) is 15.4. The number of carboxylic acid groups (broad SMARTS) is 2. The van der Waals surface area contributed by atoms with Crippen LogP contribution in [0.5, 0.6) is 0 Å². The number of fused-ring (bicyclic) bond motifs is 1. The van der Waals surface area contributed by atoms with Crippen LogP contribution in [-0.4, -0.2) is 31.7 Å². The summed E-state index contributed by atoms with van der Waals surface area (Å²) in [5.41, 5.74) is 1.58. The van der Waals surface area contributed by atoms with Gasteiger partial charge in [0.25, 0.3) is 0 Å². The van der Waals surface area contributed by atoms with E-state index in [2.05, 4.69) is 9.55 Å². The molecule has 0 unspecified atom stereocenters. The van der Waals surface area contributed by atoms with E-state index in [1.54, 1.807) is 24.3 Å². The molecule has 4 rings (SSSR count). The number of hydrogen-bond donors (Lipinski definition) is 2. The quantitative estimate of drug-likeness (QED) is 0.727. The molecule has 0 amide bonds. The standard InChI is InChI=1S/C19H18N2O5/c22-18(23)11-6-7-14-13(10-11)20-17(15-8-9-16(26-15)19(24)25)21(14)12-4-2-1-3-5-12/h6-10,12H,1-5H2,(H,22,23)(H,24,25). The molecule has 0 bridgehead atoms. The van der Waals surface area contributed by atoms with Gasteiger partial charge in [0.1, 0.15) is 0 Å². The molecule has 1 aromatic carbocycles. The largest absolute Gasteiger partial charge is 0.478 e. The first-order valence-electron chi connectivity index (χ1n) is 8.63. The summed E-state index contributed by atoms with van der Waals surface area (Å²) in [5.74, 6) is -1.37. The van der Waals surface area contributed by atoms with E-state index in [1.807, 2.05) is 0 Å². The fourth-order valence-corrected chi connectivity index (χ4v) is 3.69. The van der Waals surface area contributed by atoms with Crippen LogP contribution in [0.1, 0.15) is 59.1 Å². The number of aromatic nitrogens is 2.